The maximum atomic E-state index is 13.1. The molecule has 1 fully saturated rings. The van der Waals surface area contributed by atoms with Gasteiger partial charge < -0.3 is 9.80 Å². The minimum atomic E-state index is -0.00427. The molecule has 2 aromatic heterocycles. The summed E-state index contributed by atoms with van der Waals surface area (Å²) >= 11 is 0. The highest BCUT2D eigenvalue weighted by Gasteiger charge is 2.32. The van der Waals surface area contributed by atoms with Crippen LogP contribution in [0.4, 0.5) is 5.82 Å². The number of aryl methyl sites for hydroxylation is 3. The summed E-state index contributed by atoms with van der Waals surface area (Å²) in [6, 6.07) is 10.6. The third kappa shape index (κ3) is 4.32. The van der Waals surface area contributed by atoms with Crippen molar-refractivity contribution in [1.29, 1.82) is 0 Å². The van der Waals surface area contributed by atoms with Crippen LogP contribution in [0.1, 0.15) is 63.3 Å². The standard InChI is InChI=1S/C26H30N6O/c1-17-22-10-7-12-31(15-20-8-5-4-6-9-20)25(22)30-24(29-17)21-11-13-32(16-21)26(33)23-14-27-19(3)28-18(23)2/h4-6,8-9,14,21H,7,10-13,15-16H2,1-3H3/t21-/m1/s1. The van der Waals surface area contributed by atoms with Crippen molar-refractivity contribution in [2.45, 2.75) is 52.5 Å². The van der Waals surface area contributed by atoms with Gasteiger partial charge in [-0.05, 0) is 45.6 Å². The van der Waals surface area contributed by atoms with E-state index in [-0.39, 0.29) is 11.8 Å². The van der Waals surface area contributed by atoms with Gasteiger partial charge in [-0.2, -0.15) is 0 Å². The van der Waals surface area contributed by atoms with E-state index in [1.54, 1.807) is 6.20 Å². The monoisotopic (exact) mass is 442 g/mol. The van der Waals surface area contributed by atoms with E-state index in [1.807, 2.05) is 18.7 Å². The first kappa shape index (κ1) is 21.5. The van der Waals surface area contributed by atoms with Crippen molar-refractivity contribution in [3.05, 3.63) is 76.3 Å². The van der Waals surface area contributed by atoms with E-state index in [4.69, 9.17) is 9.97 Å². The Hall–Kier alpha value is -3.35. The maximum Gasteiger partial charge on any atom is 0.257 e. The molecule has 0 unspecified atom stereocenters. The largest absolute Gasteiger partial charge is 0.352 e. The summed E-state index contributed by atoms with van der Waals surface area (Å²) in [5, 5.41) is 0. The number of anilines is 1. The third-order valence-corrected chi connectivity index (χ3v) is 6.75. The van der Waals surface area contributed by atoms with Crippen LogP contribution in [-0.4, -0.2) is 50.4 Å². The van der Waals surface area contributed by atoms with Gasteiger partial charge in [0.1, 0.15) is 17.5 Å². The van der Waals surface area contributed by atoms with E-state index >= 15 is 0 Å². The number of rotatable bonds is 4. The maximum absolute atomic E-state index is 13.1. The number of carbonyl (C=O) groups is 1. The highest BCUT2D eigenvalue weighted by atomic mass is 16.2. The van der Waals surface area contributed by atoms with E-state index < -0.39 is 0 Å². The van der Waals surface area contributed by atoms with Crippen molar-refractivity contribution in [1.82, 2.24) is 24.8 Å². The fourth-order valence-corrected chi connectivity index (χ4v) is 4.97. The molecule has 1 aromatic carbocycles. The summed E-state index contributed by atoms with van der Waals surface area (Å²) < 4.78 is 0. The molecular weight excluding hydrogens is 412 g/mol. The van der Waals surface area contributed by atoms with Gasteiger partial charge in [-0.25, -0.2) is 19.9 Å². The molecule has 33 heavy (non-hydrogen) atoms. The van der Waals surface area contributed by atoms with Gasteiger partial charge in [0.2, 0.25) is 0 Å². The van der Waals surface area contributed by atoms with Crippen LogP contribution in [0, 0.1) is 20.8 Å². The minimum Gasteiger partial charge on any atom is -0.352 e. The molecule has 7 heteroatoms. The number of benzene rings is 1. The molecular formula is C26H30N6O. The van der Waals surface area contributed by atoms with Gasteiger partial charge in [0.25, 0.3) is 5.91 Å². The number of carbonyl (C=O) groups excluding carboxylic acids is 1. The molecule has 0 N–H and O–H groups in total. The first-order chi connectivity index (χ1) is 16.0. The molecule has 2 aliphatic heterocycles. The second-order valence-electron chi connectivity index (χ2n) is 9.13. The van der Waals surface area contributed by atoms with Gasteiger partial charge in [0.05, 0.1) is 11.3 Å². The summed E-state index contributed by atoms with van der Waals surface area (Å²) in [6.45, 7) is 8.98. The molecule has 0 spiro atoms. The molecule has 1 amide bonds. The Kier molecular flexibility index (Phi) is 5.79. The van der Waals surface area contributed by atoms with Crippen LogP contribution in [0.3, 0.4) is 0 Å². The van der Waals surface area contributed by atoms with E-state index in [0.717, 1.165) is 55.4 Å². The second-order valence-corrected chi connectivity index (χ2v) is 9.13. The van der Waals surface area contributed by atoms with Crippen molar-refractivity contribution >= 4 is 11.7 Å². The number of nitrogens with zero attached hydrogens (tertiary/aromatic N) is 6. The van der Waals surface area contributed by atoms with Crippen molar-refractivity contribution in [2.24, 2.45) is 0 Å². The Labute approximate surface area is 194 Å². The zero-order valence-electron chi connectivity index (χ0n) is 19.6. The normalized spacial score (nSPS) is 17.8. The highest BCUT2D eigenvalue weighted by molar-refractivity contribution is 5.95. The smallest absolute Gasteiger partial charge is 0.257 e. The predicted octanol–water partition coefficient (Wildman–Crippen LogP) is 3.77. The Bertz CT molecular complexity index is 1180. The van der Waals surface area contributed by atoms with Gasteiger partial charge in [-0.3, -0.25) is 4.79 Å². The van der Waals surface area contributed by atoms with Crippen molar-refractivity contribution in [3.8, 4) is 0 Å². The Morgan fingerprint density at radius 1 is 1.03 bits per heavy atom. The van der Waals surface area contributed by atoms with Gasteiger partial charge in [-0.1, -0.05) is 30.3 Å². The minimum absolute atomic E-state index is 0.00427. The van der Waals surface area contributed by atoms with Gasteiger partial charge in [-0.15, -0.1) is 0 Å². The first-order valence-corrected chi connectivity index (χ1v) is 11.8. The molecule has 4 heterocycles. The zero-order chi connectivity index (χ0) is 22.9. The molecule has 0 radical (unpaired) electrons. The number of amides is 1. The summed E-state index contributed by atoms with van der Waals surface area (Å²) in [5.41, 5.74) is 4.93. The lowest BCUT2D eigenvalue weighted by atomic mass is 10.0. The molecule has 7 nitrogen and oxygen atoms in total. The fraction of sp³-hybridized carbons (Fsp3) is 0.423. The lowest BCUT2D eigenvalue weighted by molar-refractivity contribution is 0.0789. The average molecular weight is 443 g/mol. The summed E-state index contributed by atoms with van der Waals surface area (Å²) in [4.78, 5) is 36.0. The van der Waals surface area contributed by atoms with Crippen molar-refractivity contribution < 1.29 is 4.79 Å². The van der Waals surface area contributed by atoms with Crippen LogP contribution in [0.5, 0.6) is 0 Å². The number of likely N-dealkylation sites (tertiary alicyclic amines) is 1. The van der Waals surface area contributed by atoms with E-state index in [2.05, 4.69) is 52.1 Å². The molecule has 0 saturated carbocycles. The molecule has 0 aliphatic carbocycles. The van der Waals surface area contributed by atoms with E-state index in [1.165, 1.54) is 11.1 Å². The molecule has 2 aliphatic rings. The number of hydrogen-bond acceptors (Lipinski definition) is 6. The van der Waals surface area contributed by atoms with E-state index in [0.29, 0.717) is 24.5 Å². The number of fused-ring (bicyclic) bond motifs is 1. The highest BCUT2D eigenvalue weighted by Crippen LogP contribution is 2.33. The van der Waals surface area contributed by atoms with Crippen molar-refractivity contribution in [3.63, 3.8) is 0 Å². The lowest BCUT2D eigenvalue weighted by Crippen LogP contribution is -2.32. The van der Waals surface area contributed by atoms with Crippen LogP contribution in [0.2, 0.25) is 0 Å². The summed E-state index contributed by atoms with van der Waals surface area (Å²) in [6.07, 6.45) is 4.66. The Morgan fingerprint density at radius 3 is 2.64 bits per heavy atom. The van der Waals surface area contributed by atoms with Crippen LogP contribution in [0.25, 0.3) is 0 Å². The van der Waals surface area contributed by atoms with Gasteiger partial charge >= 0.3 is 0 Å². The lowest BCUT2D eigenvalue weighted by Gasteiger charge is -2.31. The molecule has 3 aromatic rings. The Balaban J connectivity index is 1.37. The van der Waals surface area contributed by atoms with Crippen LogP contribution >= 0.6 is 0 Å². The van der Waals surface area contributed by atoms with Gasteiger partial charge in [0, 0.05) is 49.6 Å². The quantitative estimate of drug-likeness (QED) is 0.612. The number of aromatic nitrogens is 4. The average Bonchev–Trinajstić information content (AvgIpc) is 3.30. The molecule has 5 rings (SSSR count). The van der Waals surface area contributed by atoms with Crippen LogP contribution < -0.4 is 4.90 Å². The molecule has 1 atom stereocenters. The zero-order valence-corrected chi connectivity index (χ0v) is 19.6. The molecule has 0 bridgehead atoms. The van der Waals surface area contributed by atoms with E-state index in [9.17, 15) is 4.79 Å². The predicted molar refractivity (Wildman–Crippen MR) is 127 cm³/mol. The topological polar surface area (TPSA) is 75.1 Å². The summed E-state index contributed by atoms with van der Waals surface area (Å²) in [5.74, 6) is 2.75. The number of hydrogen-bond donors (Lipinski definition) is 0. The molecule has 170 valence electrons. The summed E-state index contributed by atoms with van der Waals surface area (Å²) in [7, 11) is 0. The Morgan fingerprint density at radius 2 is 1.85 bits per heavy atom. The van der Waals surface area contributed by atoms with Crippen molar-refractivity contribution in [2.75, 3.05) is 24.5 Å². The first-order valence-electron chi connectivity index (χ1n) is 11.8. The van der Waals surface area contributed by atoms with Crippen LogP contribution in [-0.2, 0) is 13.0 Å². The SMILES string of the molecule is Cc1ncc(C(=O)N2CC[C@@H](c3nc(C)c4c(n3)N(Cc3ccccc3)CCC4)C2)c(C)n1. The second kappa shape index (κ2) is 8.89. The molecule has 1 saturated heterocycles. The van der Waals surface area contributed by atoms with Crippen LogP contribution in [0.15, 0.2) is 36.5 Å². The van der Waals surface area contributed by atoms with Gasteiger partial charge in [0.15, 0.2) is 0 Å². The third-order valence-electron chi connectivity index (χ3n) is 6.75. The fourth-order valence-electron chi connectivity index (χ4n) is 4.97.